The highest BCUT2D eigenvalue weighted by Gasteiger charge is 1.70. The van der Waals surface area contributed by atoms with Gasteiger partial charge in [0.15, 0.2) is 7.28 Å². The Morgan fingerprint density at radius 2 is 3.00 bits per heavy atom. The lowest BCUT2D eigenvalue weighted by atomic mass is 9.82. The Kier molecular flexibility index (Phi) is 1.00. The molecule has 0 heterocycles. The van der Waals surface area contributed by atoms with Crippen LogP contribution in [-0.2, 0) is 0 Å². The Bertz CT molecular complexity index is 51.5. The third-order valence-corrected chi connectivity index (χ3v) is 0.247. The van der Waals surface area contributed by atoms with Crippen LogP contribution < -0.4 is 0 Å². The van der Waals surface area contributed by atoms with E-state index in [-0.39, 0.29) is 0 Å². The molecular formula is C2H4BNO-. The summed E-state index contributed by atoms with van der Waals surface area (Å²) in [6.45, 7) is 1.54. The number of carbonyl (C=O) groups excluding carboxylic acids is 1. The standard InChI is InChI=1S/C2H5BNO/c1-3-2(4)5/h1H3,(H2,4,5)/p-1/i/hD. The number of carbonyl (C=O) groups is 1. The molecule has 0 aliphatic rings. The molecule has 0 fully saturated rings. The quantitative estimate of drug-likeness (QED) is 0.422. The van der Waals surface area contributed by atoms with Crippen LogP contribution in [-0.4, -0.2) is 13.1 Å². The average molecular weight is 69.9 g/mol. The summed E-state index contributed by atoms with van der Waals surface area (Å²) in [6, 6.07) is 0. The Morgan fingerprint density at radius 1 is 2.40 bits per heavy atom. The van der Waals surface area contributed by atoms with Crippen LogP contribution in [0.3, 0.4) is 0 Å². The molecule has 0 spiro atoms. The first kappa shape index (κ1) is 2.76. The van der Waals surface area contributed by atoms with Crippen molar-refractivity contribution in [2.75, 3.05) is 0 Å². The molecule has 0 rings (SSSR count). The van der Waals surface area contributed by atoms with Crippen LogP contribution >= 0.6 is 0 Å². The number of hydrogen-bond donors (Lipinski definition) is 0. The number of hydrogen-bond acceptors (Lipinski definition) is 1. The molecule has 0 aromatic heterocycles. The van der Waals surface area contributed by atoms with Gasteiger partial charge in [-0.2, -0.15) is 0 Å². The normalized spacial score (nSPS) is 8.60. The predicted octanol–water partition coefficient (Wildman–Crippen LogP) is 0.911. The second-order valence-electron chi connectivity index (χ2n) is 0.627. The minimum Gasteiger partial charge on any atom is -0.677 e. The third-order valence-electron chi connectivity index (χ3n) is 0.247. The number of amides is 1. The van der Waals surface area contributed by atoms with Gasteiger partial charge in [-0.25, -0.2) is 0 Å². The molecule has 2 nitrogen and oxygen atoms in total. The molecule has 0 bridgehead atoms. The highest BCUT2D eigenvalue weighted by Crippen LogP contribution is 1.65. The maximum Gasteiger partial charge on any atom is 0.172 e. The summed E-state index contributed by atoms with van der Waals surface area (Å²) >= 11 is 0. The summed E-state index contributed by atoms with van der Waals surface area (Å²) in [7, 11) is 1.23. The molecule has 1 amide bonds. The van der Waals surface area contributed by atoms with Gasteiger partial charge in [0, 0.05) is 5.81 Å². The number of rotatable bonds is 1. The van der Waals surface area contributed by atoms with E-state index in [1.54, 1.807) is 6.82 Å². The van der Waals surface area contributed by atoms with E-state index >= 15 is 0 Å². The smallest absolute Gasteiger partial charge is 0.172 e. The van der Waals surface area contributed by atoms with Crippen molar-refractivity contribution in [3.8, 4) is 0 Å². The second-order valence-corrected chi connectivity index (χ2v) is 0.627. The van der Waals surface area contributed by atoms with E-state index < -0.39 is 5.81 Å². The third kappa shape index (κ3) is 3.53. The van der Waals surface area contributed by atoms with Crippen LogP contribution in [0, 0.1) is 0 Å². The van der Waals surface area contributed by atoms with E-state index in [0.717, 1.165) is 0 Å². The average Bonchev–Trinajstić information content (AvgIpc) is 1.65. The van der Waals surface area contributed by atoms with Crippen LogP contribution in [0.1, 0.15) is 0 Å². The van der Waals surface area contributed by atoms with Crippen LogP contribution in [0.4, 0.5) is 4.79 Å². The zero-order chi connectivity index (χ0) is 4.99. The van der Waals surface area contributed by atoms with Gasteiger partial charge in [-0.05, 0) is 0 Å². The molecule has 0 aromatic carbocycles. The molecule has 0 aliphatic carbocycles. The Morgan fingerprint density at radius 3 is 3.00 bits per heavy atom. The molecule has 0 unspecified atom stereocenters. The lowest BCUT2D eigenvalue weighted by Crippen LogP contribution is -1.90. The first-order valence-corrected chi connectivity index (χ1v) is 1.29. The van der Waals surface area contributed by atoms with E-state index in [1.807, 2.05) is 0 Å². The molecule has 3 heteroatoms. The van der Waals surface area contributed by atoms with Gasteiger partial charge >= 0.3 is 0 Å². The van der Waals surface area contributed by atoms with Crippen molar-refractivity contribution in [2.45, 2.75) is 6.82 Å². The summed E-state index contributed by atoms with van der Waals surface area (Å²) in [5, 5.41) is 0. The molecule has 27 valence electrons. The van der Waals surface area contributed by atoms with Crippen LogP contribution in [0.15, 0.2) is 0 Å². The SMILES string of the molecule is [2H][N-]C(=O)[B]C. The van der Waals surface area contributed by atoms with Gasteiger partial charge in [0.25, 0.3) is 0 Å². The fourth-order valence-electron chi connectivity index (χ4n) is 0. The maximum absolute atomic E-state index is 9.77. The fraction of sp³-hybridized carbons (Fsp3) is 0.500. The van der Waals surface area contributed by atoms with Crippen molar-refractivity contribution < 1.29 is 6.21 Å². The lowest BCUT2D eigenvalue weighted by Gasteiger charge is -1.86. The van der Waals surface area contributed by atoms with Crippen molar-refractivity contribution in [1.29, 1.82) is 0 Å². The summed E-state index contributed by atoms with van der Waals surface area (Å²) in [5.74, 6) is -0.491. The zero-order valence-corrected chi connectivity index (χ0v) is 2.93. The molecule has 0 aromatic rings. The monoisotopic (exact) mass is 70.0 g/mol. The minimum absolute atomic E-state index is 0.491. The second kappa shape index (κ2) is 1.82. The van der Waals surface area contributed by atoms with Gasteiger partial charge < -0.3 is 10.5 Å². The largest absolute Gasteiger partial charge is 0.677 e. The molecule has 5 heavy (non-hydrogen) atoms. The van der Waals surface area contributed by atoms with Gasteiger partial charge in [0.2, 0.25) is 0 Å². The minimum atomic E-state index is -0.491. The maximum atomic E-state index is 9.77. The van der Waals surface area contributed by atoms with E-state index in [2.05, 4.69) is 5.73 Å². The van der Waals surface area contributed by atoms with Crippen molar-refractivity contribution in [3.05, 3.63) is 5.73 Å². The van der Waals surface area contributed by atoms with Crippen molar-refractivity contribution in [1.82, 2.24) is 0 Å². The summed E-state index contributed by atoms with van der Waals surface area (Å²) in [4.78, 5) is 9.77. The van der Waals surface area contributed by atoms with E-state index in [9.17, 15) is 4.79 Å². The van der Waals surface area contributed by atoms with Gasteiger partial charge in [-0.3, -0.25) is 0 Å². The summed E-state index contributed by atoms with van der Waals surface area (Å²) in [5.41, 5.74) is 2.56. The molecule has 0 saturated heterocycles. The first-order chi connectivity index (χ1) is 2.81. The van der Waals surface area contributed by atoms with Crippen LogP contribution in [0.2, 0.25) is 8.23 Å². The summed E-state index contributed by atoms with van der Waals surface area (Å²) in [6.07, 6.45) is 0. The van der Waals surface area contributed by atoms with E-state index in [1.165, 1.54) is 7.28 Å². The van der Waals surface area contributed by atoms with Crippen LogP contribution in [0.25, 0.3) is 5.73 Å². The number of nitrogens with one attached hydrogen (secondary N) is 1. The topological polar surface area (TPSA) is 40.9 Å². The van der Waals surface area contributed by atoms with Crippen LogP contribution in [0.5, 0.6) is 0 Å². The van der Waals surface area contributed by atoms with Crippen molar-refractivity contribution >= 4 is 13.1 Å². The lowest BCUT2D eigenvalue weighted by molar-refractivity contribution is 0.271. The zero-order valence-electron chi connectivity index (χ0n) is 3.93. The first-order valence-electron chi connectivity index (χ1n) is 1.74. The fourth-order valence-corrected chi connectivity index (χ4v) is 0. The molecule has 1 radical (unpaired) electrons. The van der Waals surface area contributed by atoms with Gasteiger partial charge in [-0.15, -0.1) is 1.41 Å². The molecular weight excluding hydrogens is 64.8 g/mol. The van der Waals surface area contributed by atoms with Gasteiger partial charge in [-0.1, -0.05) is 6.82 Å². The Hall–Kier alpha value is -0.465. The van der Waals surface area contributed by atoms with E-state index in [4.69, 9.17) is 1.41 Å². The highest BCUT2D eigenvalue weighted by atomic mass is 16.1. The van der Waals surface area contributed by atoms with Crippen molar-refractivity contribution in [2.24, 2.45) is 0 Å². The van der Waals surface area contributed by atoms with E-state index in [0.29, 0.717) is 0 Å². The predicted molar refractivity (Wildman–Crippen MR) is 21.3 cm³/mol. The Labute approximate surface area is 33.1 Å². The van der Waals surface area contributed by atoms with Gasteiger partial charge in [0.1, 0.15) is 0 Å². The van der Waals surface area contributed by atoms with Gasteiger partial charge in [0.05, 0.1) is 0 Å². The molecule has 0 aliphatic heterocycles. The summed E-state index contributed by atoms with van der Waals surface area (Å²) < 4.78 is 6.05. The van der Waals surface area contributed by atoms with Crippen molar-refractivity contribution in [3.63, 3.8) is 0 Å². The molecule has 1 N–H and O–H groups in total. The molecule has 0 saturated carbocycles. The highest BCUT2D eigenvalue weighted by molar-refractivity contribution is 6.74. The molecule has 0 atom stereocenters. The Balaban J connectivity index is 2.99.